The molecule has 0 aliphatic heterocycles. The second kappa shape index (κ2) is 17.4. The van der Waals surface area contributed by atoms with E-state index in [1.807, 2.05) is 0 Å². The van der Waals surface area contributed by atoms with Gasteiger partial charge in [0.05, 0.1) is 22.4 Å². The summed E-state index contributed by atoms with van der Waals surface area (Å²) in [6.45, 7) is 0. The van der Waals surface area contributed by atoms with Gasteiger partial charge < -0.3 is 9.47 Å². The van der Waals surface area contributed by atoms with E-state index in [1.165, 1.54) is 76.7 Å². The Hall–Kier alpha value is -9.24. The van der Waals surface area contributed by atoms with E-state index in [9.17, 15) is 0 Å². The number of fused-ring (bicyclic) bond motifs is 6. The van der Waals surface area contributed by atoms with Crippen molar-refractivity contribution in [3.05, 3.63) is 279 Å². The Morgan fingerprint density at radius 1 is 0.257 bits per heavy atom. The Bertz CT molecular complexity index is 4030. The fraction of sp³-hybridized carbons (Fsp3) is 0. The molecule has 0 bridgehead atoms. The molecular formula is C68H46N2. The summed E-state index contributed by atoms with van der Waals surface area (Å²) < 4.78 is 2.46. The van der Waals surface area contributed by atoms with Crippen molar-refractivity contribution in [2.24, 2.45) is 0 Å². The summed E-state index contributed by atoms with van der Waals surface area (Å²) in [7, 11) is 0. The van der Waals surface area contributed by atoms with E-state index >= 15 is 0 Å². The minimum Gasteiger partial charge on any atom is -0.310 e. The molecule has 0 fully saturated rings. The minimum atomic E-state index is 1.07. The molecule has 328 valence electrons. The Balaban J connectivity index is 0.987. The van der Waals surface area contributed by atoms with Crippen LogP contribution in [0.2, 0.25) is 0 Å². The van der Waals surface area contributed by atoms with E-state index in [-0.39, 0.29) is 0 Å². The first-order valence-electron chi connectivity index (χ1n) is 24.1. The molecule has 0 saturated heterocycles. The van der Waals surface area contributed by atoms with Gasteiger partial charge in [-0.15, -0.1) is 0 Å². The third kappa shape index (κ3) is 7.22. The number of benzene rings is 12. The molecule has 0 saturated carbocycles. The molecular weight excluding hydrogens is 845 g/mol. The van der Waals surface area contributed by atoms with Crippen molar-refractivity contribution < 1.29 is 0 Å². The summed E-state index contributed by atoms with van der Waals surface area (Å²) in [5, 5.41) is 7.50. The molecule has 0 spiro atoms. The van der Waals surface area contributed by atoms with Gasteiger partial charge in [0, 0.05) is 33.3 Å². The van der Waals surface area contributed by atoms with Gasteiger partial charge in [-0.05, 0) is 121 Å². The molecule has 0 atom stereocenters. The molecule has 0 aliphatic carbocycles. The average Bonchev–Trinajstić information content (AvgIpc) is 3.79. The molecule has 13 rings (SSSR count). The van der Waals surface area contributed by atoms with Crippen molar-refractivity contribution in [2.75, 3.05) is 4.90 Å². The van der Waals surface area contributed by atoms with Crippen LogP contribution in [-0.4, -0.2) is 4.57 Å². The molecule has 0 radical (unpaired) electrons. The maximum atomic E-state index is 2.46. The van der Waals surface area contributed by atoms with Crippen molar-refractivity contribution in [1.29, 1.82) is 0 Å². The zero-order valence-corrected chi connectivity index (χ0v) is 38.5. The summed E-state index contributed by atoms with van der Waals surface area (Å²) in [6.07, 6.45) is 0. The Morgan fingerprint density at radius 2 is 0.771 bits per heavy atom. The van der Waals surface area contributed by atoms with Gasteiger partial charge in [0.1, 0.15) is 0 Å². The Morgan fingerprint density at radius 3 is 1.53 bits per heavy atom. The normalized spacial score (nSPS) is 11.4. The van der Waals surface area contributed by atoms with Crippen molar-refractivity contribution in [1.82, 2.24) is 4.57 Å². The number of anilines is 3. The second-order valence-corrected chi connectivity index (χ2v) is 18.1. The molecule has 13 aromatic rings. The van der Waals surface area contributed by atoms with Crippen molar-refractivity contribution >= 4 is 60.4 Å². The van der Waals surface area contributed by atoms with Crippen molar-refractivity contribution in [2.45, 2.75) is 0 Å². The summed E-state index contributed by atoms with van der Waals surface area (Å²) in [6, 6.07) is 102. The molecule has 0 amide bonds. The lowest BCUT2D eigenvalue weighted by Crippen LogP contribution is -2.11. The van der Waals surface area contributed by atoms with Gasteiger partial charge in [0.2, 0.25) is 0 Å². The predicted octanol–water partition coefficient (Wildman–Crippen LogP) is 18.9. The van der Waals surface area contributed by atoms with E-state index in [4.69, 9.17) is 0 Å². The van der Waals surface area contributed by atoms with Gasteiger partial charge in [-0.3, -0.25) is 0 Å². The van der Waals surface area contributed by atoms with E-state index in [0.717, 1.165) is 45.0 Å². The van der Waals surface area contributed by atoms with Crippen LogP contribution in [0.25, 0.3) is 105 Å². The number of para-hydroxylation sites is 2. The quantitative estimate of drug-likeness (QED) is 0.140. The highest BCUT2D eigenvalue weighted by molar-refractivity contribution is 6.21. The third-order valence-corrected chi connectivity index (χ3v) is 14.0. The highest BCUT2D eigenvalue weighted by Gasteiger charge is 2.22. The number of hydrogen-bond donors (Lipinski definition) is 0. The lowest BCUT2D eigenvalue weighted by molar-refractivity contribution is 1.18. The molecule has 1 heterocycles. The highest BCUT2D eigenvalue weighted by Crippen LogP contribution is 2.46. The van der Waals surface area contributed by atoms with E-state index in [1.54, 1.807) is 0 Å². The van der Waals surface area contributed by atoms with E-state index < -0.39 is 0 Å². The maximum absolute atomic E-state index is 2.46. The van der Waals surface area contributed by atoms with E-state index in [0.29, 0.717) is 0 Å². The van der Waals surface area contributed by atoms with E-state index in [2.05, 4.69) is 289 Å². The van der Waals surface area contributed by atoms with Gasteiger partial charge in [-0.2, -0.15) is 0 Å². The van der Waals surface area contributed by atoms with Crippen molar-refractivity contribution in [3.8, 4) is 61.3 Å². The zero-order chi connectivity index (χ0) is 46.4. The lowest BCUT2D eigenvalue weighted by Gasteiger charge is -2.29. The van der Waals surface area contributed by atoms with Crippen LogP contribution in [0.3, 0.4) is 0 Å². The fourth-order valence-corrected chi connectivity index (χ4v) is 10.7. The lowest BCUT2D eigenvalue weighted by atomic mass is 9.94. The first kappa shape index (κ1) is 41.0. The molecule has 1 aromatic heterocycles. The maximum Gasteiger partial charge on any atom is 0.0547 e. The van der Waals surface area contributed by atoms with Crippen LogP contribution in [0.4, 0.5) is 17.1 Å². The Labute approximate surface area is 408 Å². The van der Waals surface area contributed by atoms with Crippen LogP contribution in [0.5, 0.6) is 0 Å². The summed E-state index contributed by atoms with van der Waals surface area (Å²) >= 11 is 0. The summed E-state index contributed by atoms with van der Waals surface area (Å²) in [5.74, 6) is 0. The van der Waals surface area contributed by atoms with Crippen LogP contribution in [0.1, 0.15) is 0 Å². The molecule has 0 N–H and O–H groups in total. The highest BCUT2D eigenvalue weighted by atomic mass is 15.1. The zero-order valence-electron chi connectivity index (χ0n) is 38.5. The minimum absolute atomic E-state index is 1.07. The van der Waals surface area contributed by atoms with Crippen LogP contribution >= 0.6 is 0 Å². The molecule has 2 nitrogen and oxygen atoms in total. The van der Waals surface area contributed by atoms with Crippen LogP contribution < -0.4 is 4.90 Å². The predicted molar refractivity (Wildman–Crippen MR) is 298 cm³/mol. The fourth-order valence-electron chi connectivity index (χ4n) is 10.7. The first-order valence-corrected chi connectivity index (χ1v) is 24.1. The SMILES string of the molecule is c1ccc(-c2ccc(-c3ccc(N(c4cccc(-c5cccc6ccccc56)c4)c4ccc(-c5ccccc5-n5c6ccccc6c6c7ccccc7ccc65)cc4-c4ccccc4)cc3)cc2)cc1. The average molecular weight is 891 g/mol. The van der Waals surface area contributed by atoms with Gasteiger partial charge in [-0.25, -0.2) is 0 Å². The molecule has 2 heteroatoms. The van der Waals surface area contributed by atoms with Gasteiger partial charge in [0.25, 0.3) is 0 Å². The van der Waals surface area contributed by atoms with Gasteiger partial charge >= 0.3 is 0 Å². The standard InChI is InChI=1S/C68H46N2/c1-3-17-47(18-4-1)48-33-35-49(36-34-48)50-37-41-56(42-38-50)69(57-25-15-24-54(45-57)59-30-16-23-51-21-7-9-26-58(51)59)66-43-40-55(46-63(66)52-19-5-2-6-20-52)60-27-11-13-31-64(60)70-65-32-14-12-29-62(65)68-61-28-10-8-22-53(61)39-44-67(68)70/h1-46H. The molecule has 70 heavy (non-hydrogen) atoms. The Kier molecular flexibility index (Phi) is 10.2. The monoisotopic (exact) mass is 890 g/mol. The number of aromatic nitrogens is 1. The van der Waals surface area contributed by atoms with Crippen molar-refractivity contribution in [3.63, 3.8) is 0 Å². The largest absolute Gasteiger partial charge is 0.310 e. The third-order valence-electron chi connectivity index (χ3n) is 14.0. The van der Waals surface area contributed by atoms with Gasteiger partial charge in [0.15, 0.2) is 0 Å². The second-order valence-electron chi connectivity index (χ2n) is 18.1. The van der Waals surface area contributed by atoms with Crippen LogP contribution in [0, 0.1) is 0 Å². The van der Waals surface area contributed by atoms with Gasteiger partial charge in [-0.1, -0.05) is 224 Å². The summed E-state index contributed by atoms with van der Waals surface area (Å²) in [4.78, 5) is 2.44. The molecule has 0 unspecified atom stereocenters. The first-order chi connectivity index (χ1) is 34.7. The number of rotatable bonds is 9. The van der Waals surface area contributed by atoms with Crippen LogP contribution in [0.15, 0.2) is 279 Å². The van der Waals surface area contributed by atoms with Crippen LogP contribution in [-0.2, 0) is 0 Å². The molecule has 0 aliphatic rings. The number of hydrogen-bond acceptors (Lipinski definition) is 1. The topological polar surface area (TPSA) is 8.17 Å². The molecule has 12 aromatic carbocycles. The number of nitrogens with zero attached hydrogens (tertiary/aromatic N) is 2. The summed E-state index contributed by atoms with van der Waals surface area (Å²) in [5.41, 5.74) is 18.5. The smallest absolute Gasteiger partial charge is 0.0547 e.